The molecule has 0 unspecified atom stereocenters. The zero-order valence-electron chi connectivity index (χ0n) is 32.1. The monoisotopic (exact) mass is 752 g/mol. The standard InChI is InChI=1S/C56H36N2O/c1-2-16-44-38(13-1)27-28-41-36-43(33-34-45(41)44)57(54-25-12-21-50-49-20-6-10-26-55(49)59-56(50)54)42-31-29-37(30-32-42)39-14-11-15-40(35-39)46-17-3-7-22-51(46)58-52-23-8-4-18-47(52)48-19-5-9-24-53(48)58/h1-36H. The summed E-state index contributed by atoms with van der Waals surface area (Å²) >= 11 is 0. The number of benzene rings is 10. The summed E-state index contributed by atoms with van der Waals surface area (Å²) in [5, 5.41) is 9.66. The Bertz CT molecular complexity index is 3520. The van der Waals surface area contributed by atoms with Crippen LogP contribution in [0.25, 0.3) is 93.2 Å². The van der Waals surface area contributed by atoms with Crippen molar-refractivity contribution in [2.45, 2.75) is 0 Å². The van der Waals surface area contributed by atoms with E-state index < -0.39 is 0 Å². The molecule has 0 atom stereocenters. The Hall–Kier alpha value is -7.88. The molecule has 0 aliphatic heterocycles. The van der Waals surface area contributed by atoms with Crippen LogP contribution in [0.15, 0.2) is 223 Å². The average Bonchev–Trinajstić information content (AvgIpc) is 3.86. The van der Waals surface area contributed by atoms with Gasteiger partial charge in [0.1, 0.15) is 5.58 Å². The Balaban J connectivity index is 0.977. The third kappa shape index (κ3) is 5.36. The average molecular weight is 753 g/mol. The molecule has 0 saturated heterocycles. The molecule has 0 radical (unpaired) electrons. The summed E-state index contributed by atoms with van der Waals surface area (Å²) in [5.41, 5.74) is 13.1. The van der Waals surface area contributed by atoms with E-state index in [0.29, 0.717) is 0 Å². The Morgan fingerprint density at radius 3 is 1.80 bits per heavy atom. The number of aromatic nitrogens is 1. The molecule has 2 aromatic heterocycles. The van der Waals surface area contributed by atoms with Gasteiger partial charge in [0.05, 0.1) is 22.4 Å². The minimum atomic E-state index is 0.867. The zero-order valence-corrected chi connectivity index (χ0v) is 32.1. The van der Waals surface area contributed by atoms with E-state index in [1.807, 2.05) is 6.07 Å². The molecular formula is C56H36N2O. The van der Waals surface area contributed by atoms with Gasteiger partial charge in [-0.1, -0.05) is 158 Å². The molecule has 59 heavy (non-hydrogen) atoms. The Morgan fingerprint density at radius 2 is 0.966 bits per heavy atom. The van der Waals surface area contributed by atoms with Crippen LogP contribution in [-0.2, 0) is 0 Å². The number of hydrogen-bond donors (Lipinski definition) is 0. The summed E-state index contributed by atoms with van der Waals surface area (Å²) in [6.07, 6.45) is 0. The summed E-state index contributed by atoms with van der Waals surface area (Å²) in [5.74, 6) is 0. The van der Waals surface area contributed by atoms with E-state index in [1.165, 1.54) is 54.5 Å². The molecule has 0 fully saturated rings. The van der Waals surface area contributed by atoms with E-state index in [1.54, 1.807) is 0 Å². The van der Waals surface area contributed by atoms with Gasteiger partial charge < -0.3 is 13.9 Å². The normalized spacial score (nSPS) is 11.7. The fourth-order valence-electron chi connectivity index (χ4n) is 9.24. The lowest BCUT2D eigenvalue weighted by atomic mass is 9.97. The topological polar surface area (TPSA) is 21.3 Å². The van der Waals surface area contributed by atoms with Crippen LogP contribution in [0.4, 0.5) is 17.1 Å². The molecule has 0 spiro atoms. The molecule has 0 N–H and O–H groups in total. The second-order valence-corrected chi connectivity index (χ2v) is 15.3. The molecule has 10 aromatic carbocycles. The first kappa shape index (κ1) is 33.3. The van der Waals surface area contributed by atoms with Crippen LogP contribution < -0.4 is 4.90 Å². The second kappa shape index (κ2) is 13.4. The fourth-order valence-corrected chi connectivity index (χ4v) is 9.24. The minimum Gasteiger partial charge on any atom is -0.454 e. The van der Waals surface area contributed by atoms with Crippen LogP contribution >= 0.6 is 0 Å². The number of anilines is 3. The van der Waals surface area contributed by atoms with Gasteiger partial charge in [0, 0.05) is 38.5 Å². The molecule has 276 valence electrons. The first-order valence-corrected chi connectivity index (χ1v) is 20.2. The summed E-state index contributed by atoms with van der Waals surface area (Å²) in [4.78, 5) is 2.33. The Labute approximate surface area is 341 Å². The highest BCUT2D eigenvalue weighted by molar-refractivity contribution is 6.12. The lowest BCUT2D eigenvalue weighted by molar-refractivity contribution is 0.669. The number of nitrogens with zero attached hydrogens (tertiary/aromatic N) is 2. The maximum absolute atomic E-state index is 6.64. The van der Waals surface area contributed by atoms with Gasteiger partial charge in [-0.15, -0.1) is 0 Å². The van der Waals surface area contributed by atoms with E-state index in [-0.39, 0.29) is 0 Å². The summed E-state index contributed by atoms with van der Waals surface area (Å²) in [6, 6.07) is 78.7. The van der Waals surface area contributed by atoms with Gasteiger partial charge >= 0.3 is 0 Å². The maximum Gasteiger partial charge on any atom is 0.159 e. The maximum atomic E-state index is 6.64. The van der Waals surface area contributed by atoms with Crippen molar-refractivity contribution in [2.24, 2.45) is 0 Å². The van der Waals surface area contributed by atoms with Gasteiger partial charge in [-0.3, -0.25) is 0 Å². The van der Waals surface area contributed by atoms with Crippen molar-refractivity contribution in [2.75, 3.05) is 4.90 Å². The number of rotatable bonds is 6. The molecule has 12 rings (SSSR count). The van der Waals surface area contributed by atoms with Crippen molar-refractivity contribution in [3.63, 3.8) is 0 Å². The van der Waals surface area contributed by atoms with Crippen molar-refractivity contribution in [1.82, 2.24) is 4.57 Å². The van der Waals surface area contributed by atoms with Crippen LogP contribution in [-0.4, -0.2) is 4.57 Å². The van der Waals surface area contributed by atoms with E-state index in [4.69, 9.17) is 4.42 Å². The van der Waals surface area contributed by atoms with Crippen LogP contribution in [0.5, 0.6) is 0 Å². The third-order valence-electron chi connectivity index (χ3n) is 12.0. The Morgan fingerprint density at radius 1 is 0.356 bits per heavy atom. The number of fused-ring (bicyclic) bond motifs is 9. The number of hydrogen-bond acceptors (Lipinski definition) is 2. The van der Waals surface area contributed by atoms with E-state index in [0.717, 1.165) is 55.8 Å². The predicted octanol–water partition coefficient (Wildman–Crippen LogP) is 15.8. The summed E-state index contributed by atoms with van der Waals surface area (Å²) in [6.45, 7) is 0. The molecule has 3 nitrogen and oxygen atoms in total. The summed E-state index contributed by atoms with van der Waals surface area (Å²) in [7, 11) is 0. The second-order valence-electron chi connectivity index (χ2n) is 15.3. The molecule has 2 heterocycles. The van der Waals surface area contributed by atoms with Crippen molar-refractivity contribution in [3.8, 4) is 27.9 Å². The van der Waals surface area contributed by atoms with Crippen LogP contribution in [0.3, 0.4) is 0 Å². The van der Waals surface area contributed by atoms with Crippen molar-refractivity contribution < 1.29 is 4.42 Å². The smallest absolute Gasteiger partial charge is 0.159 e. The van der Waals surface area contributed by atoms with Crippen LogP contribution in [0.1, 0.15) is 0 Å². The van der Waals surface area contributed by atoms with Crippen LogP contribution in [0.2, 0.25) is 0 Å². The van der Waals surface area contributed by atoms with Gasteiger partial charge in [0.15, 0.2) is 5.58 Å². The SMILES string of the molecule is c1cc(-c2ccc(N(c3ccc4c(ccc5ccccc54)c3)c3cccc4c3oc3ccccc34)cc2)cc(-c2ccccc2-n2c3ccccc3c3ccccc32)c1. The first-order chi connectivity index (χ1) is 29.3. The molecule has 0 aliphatic carbocycles. The lowest BCUT2D eigenvalue weighted by Crippen LogP contribution is -2.10. The van der Waals surface area contributed by atoms with Crippen molar-refractivity contribution in [3.05, 3.63) is 218 Å². The first-order valence-electron chi connectivity index (χ1n) is 20.2. The highest BCUT2D eigenvalue weighted by Crippen LogP contribution is 2.44. The van der Waals surface area contributed by atoms with E-state index in [2.05, 4.69) is 222 Å². The molecule has 0 amide bonds. The zero-order chi connectivity index (χ0) is 38.9. The minimum absolute atomic E-state index is 0.867. The van der Waals surface area contributed by atoms with Crippen molar-refractivity contribution >= 4 is 82.4 Å². The van der Waals surface area contributed by atoms with Gasteiger partial charge in [-0.05, 0) is 98.9 Å². The fraction of sp³-hybridized carbons (Fsp3) is 0. The summed E-state index contributed by atoms with van der Waals surface area (Å²) < 4.78 is 9.05. The molecular weight excluding hydrogens is 717 g/mol. The molecule has 0 aliphatic rings. The largest absolute Gasteiger partial charge is 0.454 e. The van der Waals surface area contributed by atoms with Gasteiger partial charge in [-0.2, -0.15) is 0 Å². The van der Waals surface area contributed by atoms with Crippen molar-refractivity contribution in [1.29, 1.82) is 0 Å². The van der Waals surface area contributed by atoms with Crippen LogP contribution in [0, 0.1) is 0 Å². The lowest BCUT2D eigenvalue weighted by Gasteiger charge is -2.26. The van der Waals surface area contributed by atoms with Gasteiger partial charge in [0.2, 0.25) is 0 Å². The highest BCUT2D eigenvalue weighted by atomic mass is 16.3. The third-order valence-corrected chi connectivity index (χ3v) is 12.0. The quantitative estimate of drug-likeness (QED) is 0.158. The van der Waals surface area contributed by atoms with E-state index in [9.17, 15) is 0 Å². The number of para-hydroxylation sites is 5. The van der Waals surface area contributed by atoms with Gasteiger partial charge in [-0.25, -0.2) is 0 Å². The highest BCUT2D eigenvalue weighted by Gasteiger charge is 2.21. The van der Waals surface area contributed by atoms with Gasteiger partial charge in [0.25, 0.3) is 0 Å². The molecule has 0 bridgehead atoms. The predicted molar refractivity (Wildman–Crippen MR) is 249 cm³/mol. The molecule has 12 aromatic rings. The Kier molecular flexibility index (Phi) is 7.54. The molecule has 0 saturated carbocycles. The molecule has 3 heteroatoms. The number of furan rings is 1. The van der Waals surface area contributed by atoms with E-state index >= 15 is 0 Å².